The maximum absolute atomic E-state index is 11.4. The lowest BCUT2D eigenvalue weighted by atomic mass is 9.71. The number of amides is 1. The molecule has 1 aromatic carbocycles. The highest BCUT2D eigenvalue weighted by atomic mass is 16.1. The number of hydrogen-bond donors (Lipinski definition) is 2. The summed E-state index contributed by atoms with van der Waals surface area (Å²) < 4.78 is 0. The van der Waals surface area contributed by atoms with Crippen LogP contribution in [0.5, 0.6) is 0 Å². The van der Waals surface area contributed by atoms with Gasteiger partial charge in [0.05, 0.1) is 0 Å². The third kappa shape index (κ3) is 3.97. The van der Waals surface area contributed by atoms with Gasteiger partial charge in [0.1, 0.15) is 0 Å². The van der Waals surface area contributed by atoms with Crippen molar-refractivity contribution in [2.75, 3.05) is 10.6 Å². The van der Waals surface area contributed by atoms with E-state index in [1.54, 1.807) is 6.92 Å². The van der Waals surface area contributed by atoms with Gasteiger partial charge in [0, 0.05) is 30.3 Å². The van der Waals surface area contributed by atoms with Crippen LogP contribution in [0.4, 0.5) is 11.4 Å². The van der Waals surface area contributed by atoms with E-state index in [1.165, 1.54) is 30.5 Å². The molecule has 1 aliphatic heterocycles. The van der Waals surface area contributed by atoms with Gasteiger partial charge in [-0.3, -0.25) is 4.79 Å². The third-order valence-electron chi connectivity index (χ3n) is 5.65. The molecule has 0 saturated carbocycles. The molecule has 3 nitrogen and oxygen atoms in total. The van der Waals surface area contributed by atoms with Crippen LogP contribution in [0.1, 0.15) is 57.9 Å². The normalized spacial score (nSPS) is 27.5. The lowest BCUT2D eigenvalue weighted by molar-refractivity contribution is -0.114. The van der Waals surface area contributed by atoms with E-state index in [1.807, 2.05) is 6.07 Å². The van der Waals surface area contributed by atoms with Crippen molar-refractivity contribution in [1.29, 1.82) is 0 Å². The zero-order chi connectivity index (χ0) is 17.8. The Bertz CT molecular complexity index is 677. The Morgan fingerprint density at radius 3 is 2.84 bits per heavy atom. The molecule has 0 bridgehead atoms. The van der Waals surface area contributed by atoms with Gasteiger partial charge in [0.25, 0.3) is 0 Å². The van der Waals surface area contributed by atoms with Crippen LogP contribution in [0.2, 0.25) is 0 Å². The Hall–Kier alpha value is -2.03. The summed E-state index contributed by atoms with van der Waals surface area (Å²) in [5.41, 5.74) is 3.45. The highest BCUT2D eigenvalue weighted by Crippen LogP contribution is 2.44. The average Bonchev–Trinajstić information content (AvgIpc) is 2.61. The van der Waals surface area contributed by atoms with Crippen LogP contribution in [0.3, 0.4) is 0 Å². The minimum Gasteiger partial charge on any atom is -0.381 e. The lowest BCUT2D eigenvalue weighted by Gasteiger charge is -2.43. The van der Waals surface area contributed by atoms with Gasteiger partial charge in [-0.05, 0) is 48.4 Å². The standard InChI is InChI=1S/C22H30N2O/c1-4-5-11-19-15(2)20-14-18(23-16(3)25)12-13-21(20)24-22(19)17-9-7-6-8-10-17/h6-9,12-15,17,19,22,24H,4-5,10-11H2,1-3H3,(H,23,25). The fraction of sp³-hybridized carbons (Fsp3) is 0.500. The van der Waals surface area contributed by atoms with E-state index in [2.05, 4.69) is 60.9 Å². The summed E-state index contributed by atoms with van der Waals surface area (Å²) in [6.45, 7) is 6.18. The van der Waals surface area contributed by atoms with Gasteiger partial charge in [0.15, 0.2) is 0 Å². The van der Waals surface area contributed by atoms with Crippen molar-refractivity contribution in [3.05, 3.63) is 48.1 Å². The smallest absolute Gasteiger partial charge is 0.221 e. The second kappa shape index (κ2) is 7.90. The van der Waals surface area contributed by atoms with E-state index in [9.17, 15) is 4.79 Å². The molecular formula is C22H30N2O. The number of benzene rings is 1. The van der Waals surface area contributed by atoms with Gasteiger partial charge < -0.3 is 10.6 Å². The Labute approximate surface area is 151 Å². The zero-order valence-corrected chi connectivity index (χ0v) is 15.6. The second-order valence-corrected chi connectivity index (χ2v) is 7.46. The first-order valence-corrected chi connectivity index (χ1v) is 9.61. The summed E-state index contributed by atoms with van der Waals surface area (Å²) in [5.74, 6) is 1.63. The summed E-state index contributed by atoms with van der Waals surface area (Å²) in [4.78, 5) is 11.4. The average molecular weight is 338 g/mol. The number of nitrogens with one attached hydrogen (secondary N) is 2. The molecule has 0 saturated heterocycles. The molecule has 0 aromatic heterocycles. The largest absolute Gasteiger partial charge is 0.381 e. The van der Waals surface area contributed by atoms with Crippen molar-refractivity contribution < 1.29 is 4.79 Å². The molecule has 134 valence electrons. The molecule has 3 rings (SSSR count). The van der Waals surface area contributed by atoms with Crippen molar-refractivity contribution >= 4 is 17.3 Å². The quantitative estimate of drug-likeness (QED) is 0.746. The van der Waals surface area contributed by atoms with Crippen molar-refractivity contribution in [2.24, 2.45) is 11.8 Å². The molecule has 0 fully saturated rings. The minimum atomic E-state index is -0.0177. The highest BCUT2D eigenvalue weighted by Gasteiger charge is 2.37. The third-order valence-corrected chi connectivity index (χ3v) is 5.65. The van der Waals surface area contributed by atoms with Crippen LogP contribution in [-0.2, 0) is 4.79 Å². The van der Waals surface area contributed by atoms with E-state index >= 15 is 0 Å². The Morgan fingerprint density at radius 2 is 2.16 bits per heavy atom. The van der Waals surface area contributed by atoms with E-state index in [0.29, 0.717) is 23.8 Å². The summed E-state index contributed by atoms with van der Waals surface area (Å²) >= 11 is 0. The molecule has 2 N–H and O–H groups in total. The van der Waals surface area contributed by atoms with Crippen molar-refractivity contribution in [1.82, 2.24) is 0 Å². The first-order valence-electron chi connectivity index (χ1n) is 9.61. The zero-order valence-electron chi connectivity index (χ0n) is 15.6. The summed E-state index contributed by atoms with van der Waals surface area (Å²) in [6.07, 6.45) is 13.8. The maximum atomic E-state index is 11.4. The molecule has 1 heterocycles. The van der Waals surface area contributed by atoms with Crippen LogP contribution in [0, 0.1) is 11.8 Å². The topological polar surface area (TPSA) is 41.1 Å². The van der Waals surface area contributed by atoms with Gasteiger partial charge >= 0.3 is 0 Å². The Kier molecular flexibility index (Phi) is 5.62. The van der Waals surface area contributed by atoms with Crippen LogP contribution in [-0.4, -0.2) is 11.9 Å². The fourth-order valence-corrected chi connectivity index (χ4v) is 4.34. The first kappa shape index (κ1) is 17.8. The maximum Gasteiger partial charge on any atom is 0.221 e. The van der Waals surface area contributed by atoms with Gasteiger partial charge in [-0.15, -0.1) is 0 Å². The number of unbranched alkanes of at least 4 members (excludes halogenated alkanes) is 1. The Balaban J connectivity index is 1.90. The van der Waals surface area contributed by atoms with E-state index in [0.717, 1.165) is 12.1 Å². The second-order valence-electron chi connectivity index (χ2n) is 7.46. The molecule has 1 amide bonds. The van der Waals surface area contributed by atoms with Gasteiger partial charge in [-0.25, -0.2) is 0 Å². The van der Waals surface area contributed by atoms with Gasteiger partial charge in [0.2, 0.25) is 5.91 Å². The number of fused-ring (bicyclic) bond motifs is 1. The number of hydrogen-bond acceptors (Lipinski definition) is 2. The van der Waals surface area contributed by atoms with Crippen molar-refractivity contribution in [2.45, 2.75) is 58.4 Å². The molecule has 1 aromatic rings. The monoisotopic (exact) mass is 338 g/mol. The molecular weight excluding hydrogens is 308 g/mol. The molecule has 4 atom stereocenters. The van der Waals surface area contributed by atoms with Crippen LogP contribution >= 0.6 is 0 Å². The molecule has 2 aliphatic rings. The number of rotatable bonds is 5. The molecule has 4 unspecified atom stereocenters. The van der Waals surface area contributed by atoms with E-state index in [-0.39, 0.29) is 5.91 Å². The fourth-order valence-electron chi connectivity index (χ4n) is 4.34. The van der Waals surface area contributed by atoms with Crippen LogP contribution in [0.15, 0.2) is 42.5 Å². The van der Waals surface area contributed by atoms with Crippen LogP contribution < -0.4 is 10.6 Å². The van der Waals surface area contributed by atoms with Crippen molar-refractivity contribution in [3.8, 4) is 0 Å². The molecule has 3 heteroatoms. The number of carbonyl (C=O) groups is 1. The van der Waals surface area contributed by atoms with E-state index < -0.39 is 0 Å². The van der Waals surface area contributed by atoms with E-state index in [4.69, 9.17) is 0 Å². The number of carbonyl (C=O) groups excluding carboxylic acids is 1. The van der Waals surface area contributed by atoms with Gasteiger partial charge in [-0.1, -0.05) is 51.0 Å². The predicted octanol–water partition coefficient (Wildman–Crippen LogP) is 5.48. The SMILES string of the molecule is CCCCC1C(C)c2cc(NC(C)=O)ccc2NC1C1C=CC=CC1. The molecule has 0 radical (unpaired) electrons. The minimum absolute atomic E-state index is 0.0177. The predicted molar refractivity (Wildman–Crippen MR) is 106 cm³/mol. The molecule has 25 heavy (non-hydrogen) atoms. The number of anilines is 2. The summed E-state index contributed by atoms with van der Waals surface area (Å²) in [5, 5.41) is 6.76. The summed E-state index contributed by atoms with van der Waals surface area (Å²) in [6, 6.07) is 6.75. The molecule has 1 aliphatic carbocycles. The van der Waals surface area contributed by atoms with Crippen molar-refractivity contribution in [3.63, 3.8) is 0 Å². The first-order chi connectivity index (χ1) is 12.1. The Morgan fingerprint density at radius 1 is 1.32 bits per heavy atom. The molecule has 0 spiro atoms. The van der Waals surface area contributed by atoms with Gasteiger partial charge in [-0.2, -0.15) is 0 Å². The summed E-state index contributed by atoms with van der Waals surface area (Å²) in [7, 11) is 0. The highest BCUT2D eigenvalue weighted by molar-refractivity contribution is 5.89. The lowest BCUT2D eigenvalue weighted by Crippen LogP contribution is -2.42. The van der Waals surface area contributed by atoms with Crippen LogP contribution in [0.25, 0.3) is 0 Å². The number of allylic oxidation sites excluding steroid dienone is 3.